The number of nitrogens with zero attached hydrogens (tertiary/aromatic N) is 2. The zero-order valence-electron chi connectivity index (χ0n) is 12.0. The average molecular weight is 283 g/mol. The van der Waals surface area contributed by atoms with Crippen molar-refractivity contribution in [1.29, 1.82) is 0 Å². The highest BCUT2D eigenvalue weighted by Gasteiger charge is 2.06. The van der Waals surface area contributed by atoms with E-state index in [0.717, 1.165) is 36.3 Å². The highest BCUT2D eigenvalue weighted by atomic mass is 19.1. The van der Waals surface area contributed by atoms with Crippen molar-refractivity contribution < 1.29 is 4.39 Å². The van der Waals surface area contributed by atoms with Crippen LogP contribution in [0.2, 0.25) is 0 Å². The molecule has 0 fully saturated rings. The van der Waals surface area contributed by atoms with Gasteiger partial charge in [0.15, 0.2) is 0 Å². The first-order chi connectivity index (χ1) is 10.2. The summed E-state index contributed by atoms with van der Waals surface area (Å²) in [5.41, 5.74) is 3.34. The van der Waals surface area contributed by atoms with Crippen LogP contribution in [0.3, 0.4) is 0 Å². The summed E-state index contributed by atoms with van der Waals surface area (Å²) in [6, 6.07) is 14.9. The normalized spacial score (nSPS) is 11.1. The second-order valence-electron chi connectivity index (χ2n) is 5.14. The van der Waals surface area contributed by atoms with E-state index in [4.69, 9.17) is 0 Å². The number of aromatic nitrogens is 2. The van der Waals surface area contributed by atoms with E-state index in [1.807, 2.05) is 36.0 Å². The molecule has 0 amide bonds. The second kappa shape index (κ2) is 6.06. The SMILES string of the molecule is Cn1nc(CNCCc2ccc(F)cc2)c2ccccc21. The average Bonchev–Trinajstić information content (AvgIpc) is 2.83. The van der Waals surface area contributed by atoms with E-state index in [2.05, 4.69) is 22.5 Å². The van der Waals surface area contributed by atoms with Crippen LogP contribution < -0.4 is 5.32 Å². The Bertz CT molecular complexity index is 731. The van der Waals surface area contributed by atoms with Gasteiger partial charge in [-0.2, -0.15) is 5.10 Å². The Kier molecular flexibility index (Phi) is 3.97. The molecule has 1 heterocycles. The molecule has 0 spiro atoms. The molecule has 21 heavy (non-hydrogen) atoms. The predicted octanol–water partition coefficient (Wildman–Crippen LogP) is 3.04. The smallest absolute Gasteiger partial charge is 0.123 e. The van der Waals surface area contributed by atoms with Crippen LogP contribution >= 0.6 is 0 Å². The molecule has 4 heteroatoms. The van der Waals surface area contributed by atoms with Gasteiger partial charge in [0.1, 0.15) is 5.82 Å². The van der Waals surface area contributed by atoms with Crippen LogP contribution in [-0.4, -0.2) is 16.3 Å². The minimum Gasteiger partial charge on any atom is -0.311 e. The molecule has 3 nitrogen and oxygen atoms in total. The summed E-state index contributed by atoms with van der Waals surface area (Å²) < 4.78 is 14.7. The predicted molar refractivity (Wildman–Crippen MR) is 82.5 cm³/mol. The van der Waals surface area contributed by atoms with Crippen LogP contribution in [0.25, 0.3) is 10.9 Å². The summed E-state index contributed by atoms with van der Waals surface area (Å²) >= 11 is 0. The number of rotatable bonds is 5. The first kappa shape index (κ1) is 13.8. The molecule has 2 aromatic carbocycles. The first-order valence-electron chi connectivity index (χ1n) is 7.10. The molecule has 0 saturated carbocycles. The number of para-hydroxylation sites is 1. The number of fused-ring (bicyclic) bond motifs is 1. The van der Waals surface area contributed by atoms with Crippen LogP contribution in [0.1, 0.15) is 11.3 Å². The van der Waals surface area contributed by atoms with Gasteiger partial charge in [0.05, 0.1) is 11.2 Å². The lowest BCUT2D eigenvalue weighted by Crippen LogP contribution is -2.17. The lowest BCUT2D eigenvalue weighted by molar-refractivity contribution is 0.625. The van der Waals surface area contributed by atoms with Gasteiger partial charge < -0.3 is 5.32 Å². The van der Waals surface area contributed by atoms with E-state index in [0.29, 0.717) is 0 Å². The summed E-state index contributed by atoms with van der Waals surface area (Å²) in [5.74, 6) is -0.188. The molecule has 0 saturated heterocycles. The zero-order valence-corrected chi connectivity index (χ0v) is 12.0. The molecule has 0 aliphatic heterocycles. The Morgan fingerprint density at radius 1 is 1.10 bits per heavy atom. The molecular formula is C17H18FN3. The third kappa shape index (κ3) is 3.11. The van der Waals surface area contributed by atoms with E-state index in [-0.39, 0.29) is 5.82 Å². The summed E-state index contributed by atoms with van der Waals surface area (Å²) in [7, 11) is 1.96. The Labute approximate surface area is 123 Å². The minimum atomic E-state index is -0.188. The largest absolute Gasteiger partial charge is 0.311 e. The number of halogens is 1. The first-order valence-corrected chi connectivity index (χ1v) is 7.10. The van der Waals surface area contributed by atoms with Gasteiger partial charge in [-0.1, -0.05) is 30.3 Å². The zero-order chi connectivity index (χ0) is 14.7. The molecule has 0 unspecified atom stereocenters. The molecule has 0 bridgehead atoms. The molecule has 1 N–H and O–H groups in total. The van der Waals surface area contributed by atoms with Gasteiger partial charge in [-0.3, -0.25) is 4.68 Å². The van der Waals surface area contributed by atoms with E-state index >= 15 is 0 Å². The summed E-state index contributed by atoms with van der Waals surface area (Å²) in [6.07, 6.45) is 0.880. The van der Waals surface area contributed by atoms with Crippen molar-refractivity contribution in [1.82, 2.24) is 15.1 Å². The molecule has 3 aromatic rings. The second-order valence-corrected chi connectivity index (χ2v) is 5.14. The van der Waals surface area contributed by atoms with E-state index < -0.39 is 0 Å². The Hall–Kier alpha value is -2.20. The standard InChI is InChI=1S/C17H18FN3/c1-21-17-5-3-2-4-15(17)16(20-21)12-19-11-10-13-6-8-14(18)9-7-13/h2-9,19H,10-12H2,1H3. The molecule has 0 atom stereocenters. The Balaban J connectivity index is 1.58. The van der Waals surface area contributed by atoms with Gasteiger partial charge in [-0.05, 0) is 36.7 Å². The summed E-state index contributed by atoms with van der Waals surface area (Å²) in [5, 5.41) is 9.14. The van der Waals surface area contributed by atoms with Gasteiger partial charge in [-0.25, -0.2) is 4.39 Å². The van der Waals surface area contributed by atoms with Gasteiger partial charge in [0, 0.05) is 19.0 Å². The fourth-order valence-corrected chi connectivity index (χ4v) is 2.51. The topological polar surface area (TPSA) is 29.9 Å². The molecule has 0 aliphatic rings. The van der Waals surface area contributed by atoms with Gasteiger partial charge >= 0.3 is 0 Å². The van der Waals surface area contributed by atoms with Crippen LogP contribution in [0.5, 0.6) is 0 Å². The van der Waals surface area contributed by atoms with Crippen LogP contribution in [0, 0.1) is 5.82 Å². The maximum atomic E-state index is 12.8. The third-order valence-electron chi connectivity index (χ3n) is 3.63. The monoisotopic (exact) mass is 283 g/mol. The number of hydrogen-bond donors (Lipinski definition) is 1. The lowest BCUT2D eigenvalue weighted by Gasteiger charge is -2.03. The highest BCUT2D eigenvalue weighted by molar-refractivity contribution is 5.81. The van der Waals surface area contributed by atoms with E-state index in [1.165, 1.54) is 17.5 Å². The lowest BCUT2D eigenvalue weighted by atomic mass is 10.1. The van der Waals surface area contributed by atoms with Gasteiger partial charge in [-0.15, -0.1) is 0 Å². The number of aryl methyl sites for hydroxylation is 1. The molecular weight excluding hydrogens is 265 g/mol. The van der Waals surface area contributed by atoms with Crippen LogP contribution in [-0.2, 0) is 20.0 Å². The highest BCUT2D eigenvalue weighted by Crippen LogP contribution is 2.17. The van der Waals surface area contributed by atoms with Crippen molar-refractivity contribution in [3.8, 4) is 0 Å². The quantitative estimate of drug-likeness (QED) is 0.729. The fraction of sp³-hybridized carbons (Fsp3) is 0.235. The fourth-order valence-electron chi connectivity index (χ4n) is 2.51. The Morgan fingerprint density at radius 3 is 2.67 bits per heavy atom. The molecule has 3 rings (SSSR count). The van der Waals surface area contributed by atoms with Gasteiger partial charge in [0.25, 0.3) is 0 Å². The van der Waals surface area contributed by atoms with Gasteiger partial charge in [0.2, 0.25) is 0 Å². The molecule has 108 valence electrons. The van der Waals surface area contributed by atoms with Crippen molar-refractivity contribution in [2.24, 2.45) is 7.05 Å². The number of nitrogens with one attached hydrogen (secondary N) is 1. The molecule has 1 aromatic heterocycles. The maximum Gasteiger partial charge on any atom is 0.123 e. The van der Waals surface area contributed by atoms with Crippen molar-refractivity contribution in [2.45, 2.75) is 13.0 Å². The minimum absolute atomic E-state index is 0.188. The van der Waals surface area contributed by atoms with Crippen LogP contribution in [0.15, 0.2) is 48.5 Å². The number of hydrogen-bond acceptors (Lipinski definition) is 2. The number of benzene rings is 2. The van der Waals surface area contributed by atoms with E-state index in [1.54, 1.807) is 0 Å². The summed E-state index contributed by atoms with van der Waals surface area (Å²) in [4.78, 5) is 0. The van der Waals surface area contributed by atoms with Crippen molar-refractivity contribution in [3.63, 3.8) is 0 Å². The van der Waals surface area contributed by atoms with Crippen molar-refractivity contribution >= 4 is 10.9 Å². The van der Waals surface area contributed by atoms with Crippen molar-refractivity contribution in [3.05, 3.63) is 65.6 Å². The summed E-state index contributed by atoms with van der Waals surface area (Å²) in [6.45, 7) is 1.58. The third-order valence-corrected chi connectivity index (χ3v) is 3.63. The molecule has 0 aliphatic carbocycles. The van der Waals surface area contributed by atoms with Crippen molar-refractivity contribution in [2.75, 3.05) is 6.54 Å². The maximum absolute atomic E-state index is 12.8. The van der Waals surface area contributed by atoms with Crippen LogP contribution in [0.4, 0.5) is 4.39 Å². The van der Waals surface area contributed by atoms with E-state index in [9.17, 15) is 4.39 Å². The Morgan fingerprint density at radius 2 is 1.86 bits per heavy atom. The molecule has 0 radical (unpaired) electrons.